The van der Waals surface area contributed by atoms with E-state index >= 15 is 0 Å². The summed E-state index contributed by atoms with van der Waals surface area (Å²) in [6, 6.07) is 7.71. The molecular formula is C14H15ClN2O. The lowest BCUT2D eigenvalue weighted by Crippen LogP contribution is -1.99. The van der Waals surface area contributed by atoms with E-state index in [1.807, 2.05) is 45.0 Å². The highest BCUT2D eigenvalue weighted by atomic mass is 35.5. The van der Waals surface area contributed by atoms with Crippen molar-refractivity contribution >= 4 is 11.6 Å². The second kappa shape index (κ2) is 5.36. The van der Waals surface area contributed by atoms with Gasteiger partial charge in [0, 0.05) is 5.56 Å². The number of aryl methyl sites for hydroxylation is 2. The van der Waals surface area contributed by atoms with Crippen LogP contribution >= 0.6 is 11.6 Å². The van der Waals surface area contributed by atoms with Crippen LogP contribution in [0.3, 0.4) is 0 Å². The first-order valence-electron chi connectivity index (χ1n) is 5.86. The minimum absolute atomic E-state index is 0.408. The van der Waals surface area contributed by atoms with Gasteiger partial charge < -0.3 is 4.74 Å². The smallest absolute Gasteiger partial charge is 0.155 e. The van der Waals surface area contributed by atoms with Crippen molar-refractivity contribution in [2.75, 3.05) is 6.61 Å². The lowest BCUT2D eigenvalue weighted by Gasteiger charge is -2.11. The molecule has 0 atom stereocenters. The first-order chi connectivity index (χ1) is 8.63. The van der Waals surface area contributed by atoms with E-state index in [0.717, 1.165) is 22.7 Å². The number of ether oxygens (including phenoxy) is 1. The molecule has 3 nitrogen and oxygen atoms in total. The second-order valence-electron chi connectivity index (χ2n) is 3.96. The van der Waals surface area contributed by atoms with E-state index in [-0.39, 0.29) is 0 Å². The van der Waals surface area contributed by atoms with Crippen LogP contribution in [0.5, 0.6) is 5.75 Å². The number of hydrogen-bond donors (Lipinski definition) is 0. The third-order valence-corrected chi connectivity index (χ3v) is 2.97. The number of nitrogens with zero attached hydrogens (tertiary/aromatic N) is 2. The summed E-state index contributed by atoms with van der Waals surface area (Å²) in [6.07, 6.45) is 0. The topological polar surface area (TPSA) is 35.0 Å². The van der Waals surface area contributed by atoms with Gasteiger partial charge in [0.05, 0.1) is 18.0 Å². The molecule has 18 heavy (non-hydrogen) atoms. The second-order valence-corrected chi connectivity index (χ2v) is 4.32. The summed E-state index contributed by atoms with van der Waals surface area (Å²) in [5.41, 5.74) is 3.27. The van der Waals surface area contributed by atoms with Crippen LogP contribution < -0.4 is 4.74 Å². The lowest BCUT2D eigenvalue weighted by atomic mass is 10.1. The van der Waals surface area contributed by atoms with E-state index in [2.05, 4.69) is 9.97 Å². The van der Waals surface area contributed by atoms with Crippen molar-refractivity contribution < 1.29 is 4.74 Å². The Balaban J connectivity index is 2.58. The molecular weight excluding hydrogens is 248 g/mol. The van der Waals surface area contributed by atoms with Gasteiger partial charge in [0.15, 0.2) is 5.15 Å². The molecule has 1 aromatic heterocycles. The number of rotatable bonds is 3. The van der Waals surface area contributed by atoms with Crippen molar-refractivity contribution in [1.82, 2.24) is 9.97 Å². The highest BCUT2D eigenvalue weighted by Gasteiger charge is 2.13. The SMILES string of the molecule is CCOc1ccccc1-c1nc(C)c(C)nc1Cl. The van der Waals surface area contributed by atoms with Crippen molar-refractivity contribution in [3.8, 4) is 17.0 Å². The van der Waals surface area contributed by atoms with Gasteiger partial charge in [-0.05, 0) is 32.9 Å². The Morgan fingerprint density at radius 2 is 1.78 bits per heavy atom. The van der Waals surface area contributed by atoms with E-state index < -0.39 is 0 Å². The van der Waals surface area contributed by atoms with Gasteiger partial charge in [0.25, 0.3) is 0 Å². The van der Waals surface area contributed by atoms with Crippen LogP contribution in [-0.2, 0) is 0 Å². The predicted octanol–water partition coefficient (Wildman–Crippen LogP) is 3.81. The summed E-state index contributed by atoms with van der Waals surface area (Å²) in [5, 5.41) is 0.408. The average molecular weight is 263 g/mol. The fourth-order valence-corrected chi connectivity index (χ4v) is 1.96. The summed E-state index contributed by atoms with van der Waals surface area (Å²) >= 11 is 6.18. The Kier molecular flexibility index (Phi) is 3.82. The third kappa shape index (κ3) is 2.46. The van der Waals surface area contributed by atoms with Gasteiger partial charge in [-0.2, -0.15) is 0 Å². The molecule has 2 aromatic rings. The van der Waals surface area contributed by atoms with Gasteiger partial charge in [-0.3, -0.25) is 0 Å². The lowest BCUT2D eigenvalue weighted by molar-refractivity contribution is 0.341. The van der Waals surface area contributed by atoms with Crippen molar-refractivity contribution in [3.05, 3.63) is 40.8 Å². The highest BCUT2D eigenvalue weighted by Crippen LogP contribution is 2.32. The summed E-state index contributed by atoms with van der Waals surface area (Å²) in [7, 11) is 0. The maximum absolute atomic E-state index is 6.18. The van der Waals surface area contributed by atoms with Crippen molar-refractivity contribution in [2.24, 2.45) is 0 Å². The summed E-state index contributed by atoms with van der Waals surface area (Å²) in [4.78, 5) is 8.81. The molecule has 0 bridgehead atoms. The summed E-state index contributed by atoms with van der Waals surface area (Å²) in [6.45, 7) is 6.37. The van der Waals surface area contributed by atoms with Crippen LogP contribution in [0.1, 0.15) is 18.3 Å². The van der Waals surface area contributed by atoms with E-state index in [0.29, 0.717) is 17.5 Å². The normalized spacial score (nSPS) is 10.4. The van der Waals surface area contributed by atoms with Gasteiger partial charge in [0.2, 0.25) is 0 Å². The fourth-order valence-electron chi connectivity index (χ4n) is 1.69. The molecule has 0 aliphatic heterocycles. The highest BCUT2D eigenvalue weighted by molar-refractivity contribution is 6.31. The Morgan fingerprint density at radius 3 is 2.50 bits per heavy atom. The zero-order valence-corrected chi connectivity index (χ0v) is 11.5. The maximum atomic E-state index is 6.18. The number of aromatic nitrogens is 2. The monoisotopic (exact) mass is 262 g/mol. The molecule has 94 valence electrons. The zero-order valence-electron chi connectivity index (χ0n) is 10.7. The molecule has 2 rings (SSSR count). The molecule has 0 spiro atoms. The molecule has 4 heteroatoms. The van der Waals surface area contributed by atoms with Crippen LogP contribution in [0.2, 0.25) is 5.15 Å². The molecule has 0 unspecified atom stereocenters. The van der Waals surface area contributed by atoms with Gasteiger partial charge in [-0.25, -0.2) is 9.97 Å². The Bertz CT molecular complexity index is 570. The van der Waals surface area contributed by atoms with Crippen LogP contribution in [0.4, 0.5) is 0 Å². The third-order valence-electron chi connectivity index (χ3n) is 2.71. The molecule has 1 aromatic carbocycles. The van der Waals surface area contributed by atoms with E-state index in [4.69, 9.17) is 16.3 Å². The number of hydrogen-bond acceptors (Lipinski definition) is 3. The molecule has 0 aliphatic rings. The standard InChI is InChI=1S/C14H15ClN2O/c1-4-18-12-8-6-5-7-11(12)13-14(15)17-10(3)9(2)16-13/h5-8H,4H2,1-3H3. The molecule has 0 N–H and O–H groups in total. The Hall–Kier alpha value is -1.61. The Labute approximate surface area is 112 Å². The maximum Gasteiger partial charge on any atom is 0.155 e. The summed E-state index contributed by atoms with van der Waals surface area (Å²) in [5.74, 6) is 0.777. The molecule has 0 saturated carbocycles. The molecule has 0 radical (unpaired) electrons. The number of para-hydroxylation sites is 1. The molecule has 1 heterocycles. The van der Waals surface area contributed by atoms with Gasteiger partial charge >= 0.3 is 0 Å². The van der Waals surface area contributed by atoms with Crippen molar-refractivity contribution in [1.29, 1.82) is 0 Å². The summed E-state index contributed by atoms with van der Waals surface area (Å²) < 4.78 is 5.59. The van der Waals surface area contributed by atoms with Gasteiger partial charge in [-0.15, -0.1) is 0 Å². The molecule has 0 saturated heterocycles. The Morgan fingerprint density at radius 1 is 1.11 bits per heavy atom. The first-order valence-corrected chi connectivity index (χ1v) is 6.24. The van der Waals surface area contributed by atoms with Crippen molar-refractivity contribution in [2.45, 2.75) is 20.8 Å². The van der Waals surface area contributed by atoms with E-state index in [1.165, 1.54) is 0 Å². The van der Waals surface area contributed by atoms with Crippen LogP contribution in [0.15, 0.2) is 24.3 Å². The quantitative estimate of drug-likeness (QED) is 0.844. The minimum atomic E-state index is 0.408. The van der Waals surface area contributed by atoms with Crippen molar-refractivity contribution in [3.63, 3.8) is 0 Å². The van der Waals surface area contributed by atoms with E-state index in [1.54, 1.807) is 0 Å². The molecule has 0 aliphatic carbocycles. The molecule has 0 amide bonds. The largest absolute Gasteiger partial charge is 0.493 e. The van der Waals surface area contributed by atoms with Gasteiger partial charge in [-0.1, -0.05) is 23.7 Å². The van der Waals surface area contributed by atoms with Gasteiger partial charge in [0.1, 0.15) is 11.4 Å². The average Bonchev–Trinajstić information content (AvgIpc) is 2.35. The first kappa shape index (κ1) is 12.8. The van der Waals surface area contributed by atoms with Crippen LogP contribution in [-0.4, -0.2) is 16.6 Å². The minimum Gasteiger partial charge on any atom is -0.493 e. The molecule has 0 fully saturated rings. The van der Waals surface area contributed by atoms with E-state index in [9.17, 15) is 0 Å². The number of benzene rings is 1. The fraction of sp³-hybridized carbons (Fsp3) is 0.286. The van der Waals surface area contributed by atoms with Crippen LogP contribution in [0.25, 0.3) is 11.3 Å². The number of halogens is 1. The van der Waals surface area contributed by atoms with Crippen LogP contribution in [0, 0.1) is 13.8 Å². The zero-order chi connectivity index (χ0) is 13.1. The predicted molar refractivity (Wildman–Crippen MR) is 73.1 cm³/mol.